The van der Waals surface area contributed by atoms with Gasteiger partial charge in [0.15, 0.2) is 0 Å². The van der Waals surface area contributed by atoms with Crippen LogP contribution in [0.1, 0.15) is 36.5 Å². The highest BCUT2D eigenvalue weighted by molar-refractivity contribution is 5.33. The Kier molecular flexibility index (Phi) is 2.66. The molecule has 0 heterocycles. The van der Waals surface area contributed by atoms with Crippen molar-refractivity contribution in [1.82, 2.24) is 0 Å². The number of alkyl halides is 3. The summed E-state index contributed by atoms with van der Waals surface area (Å²) in [7, 11) is 0. The molecule has 2 fully saturated rings. The molecule has 0 amide bonds. The lowest BCUT2D eigenvalue weighted by Gasteiger charge is -2.18. The number of rotatable bonds is 2. The summed E-state index contributed by atoms with van der Waals surface area (Å²) in [6.45, 7) is 0. The molecule has 1 aromatic carbocycles. The summed E-state index contributed by atoms with van der Waals surface area (Å²) < 4.78 is 38.6. The van der Waals surface area contributed by atoms with Gasteiger partial charge in [-0.1, -0.05) is 24.6 Å². The average molecular weight is 256 g/mol. The Bertz CT molecular complexity index is 445. The first kappa shape index (κ1) is 12.0. The smallest absolute Gasteiger partial charge is 0.388 e. The van der Waals surface area contributed by atoms with E-state index in [9.17, 15) is 18.3 Å². The van der Waals surface area contributed by atoms with Gasteiger partial charge in [-0.3, -0.25) is 0 Å². The molecule has 98 valence electrons. The van der Waals surface area contributed by atoms with Gasteiger partial charge < -0.3 is 5.11 Å². The average Bonchev–Trinajstić information content (AvgIpc) is 2.80. The molecule has 2 aliphatic rings. The number of benzene rings is 1. The quantitative estimate of drug-likeness (QED) is 0.853. The van der Waals surface area contributed by atoms with Crippen LogP contribution in [0.2, 0.25) is 0 Å². The molecule has 2 saturated carbocycles. The third kappa shape index (κ3) is 1.83. The predicted molar refractivity (Wildman–Crippen MR) is 60.7 cm³/mol. The fourth-order valence-electron chi connectivity index (χ4n) is 3.57. The SMILES string of the molecule is OC(c1ccccc1C(F)(F)F)C1C2CCCC21. The van der Waals surface area contributed by atoms with Crippen LogP contribution in [0.25, 0.3) is 0 Å². The zero-order chi connectivity index (χ0) is 12.9. The molecular formula is C14H15F3O. The second-order valence-electron chi connectivity index (χ2n) is 5.37. The fourth-order valence-corrected chi connectivity index (χ4v) is 3.57. The molecule has 3 unspecified atom stereocenters. The van der Waals surface area contributed by atoms with Crippen molar-refractivity contribution in [3.05, 3.63) is 35.4 Å². The van der Waals surface area contributed by atoms with Crippen molar-refractivity contribution in [2.45, 2.75) is 31.5 Å². The Labute approximate surface area is 104 Å². The molecule has 0 spiro atoms. The summed E-state index contributed by atoms with van der Waals surface area (Å²) in [5, 5.41) is 10.2. The largest absolute Gasteiger partial charge is 0.416 e. The van der Waals surface area contributed by atoms with E-state index in [1.54, 1.807) is 6.07 Å². The van der Waals surface area contributed by atoms with Crippen LogP contribution in [0.4, 0.5) is 13.2 Å². The van der Waals surface area contributed by atoms with Gasteiger partial charge in [-0.2, -0.15) is 13.2 Å². The molecule has 2 aliphatic carbocycles. The van der Waals surface area contributed by atoms with E-state index < -0.39 is 17.8 Å². The first-order valence-corrected chi connectivity index (χ1v) is 6.34. The second-order valence-corrected chi connectivity index (χ2v) is 5.37. The monoisotopic (exact) mass is 256 g/mol. The minimum Gasteiger partial charge on any atom is -0.388 e. The van der Waals surface area contributed by atoms with Gasteiger partial charge >= 0.3 is 6.18 Å². The lowest BCUT2D eigenvalue weighted by Crippen LogP contribution is -2.14. The molecule has 1 N–H and O–H groups in total. The maximum atomic E-state index is 12.9. The Morgan fingerprint density at radius 2 is 1.72 bits per heavy atom. The van der Waals surface area contributed by atoms with Gasteiger partial charge in [-0.25, -0.2) is 0 Å². The highest BCUT2D eigenvalue weighted by Gasteiger charge is 2.56. The van der Waals surface area contributed by atoms with Crippen molar-refractivity contribution in [3.8, 4) is 0 Å². The van der Waals surface area contributed by atoms with Gasteiger partial charge in [0.05, 0.1) is 11.7 Å². The molecule has 0 aromatic heterocycles. The summed E-state index contributed by atoms with van der Waals surface area (Å²) in [6, 6.07) is 5.39. The van der Waals surface area contributed by atoms with E-state index in [0.29, 0.717) is 11.8 Å². The van der Waals surface area contributed by atoms with E-state index >= 15 is 0 Å². The Hall–Kier alpha value is -1.03. The molecule has 0 saturated heterocycles. The van der Waals surface area contributed by atoms with Crippen molar-refractivity contribution in [2.75, 3.05) is 0 Å². The van der Waals surface area contributed by atoms with Crippen LogP contribution >= 0.6 is 0 Å². The van der Waals surface area contributed by atoms with Crippen LogP contribution in [-0.4, -0.2) is 5.11 Å². The molecule has 1 nitrogen and oxygen atoms in total. The second kappa shape index (κ2) is 3.98. The minimum atomic E-state index is -4.39. The van der Waals surface area contributed by atoms with Gasteiger partial charge in [-0.15, -0.1) is 0 Å². The summed E-state index contributed by atoms with van der Waals surface area (Å²) in [5.74, 6) is 0.935. The number of aliphatic hydroxyl groups excluding tert-OH is 1. The van der Waals surface area contributed by atoms with Crippen molar-refractivity contribution >= 4 is 0 Å². The molecule has 0 bridgehead atoms. The third-order valence-electron chi connectivity index (χ3n) is 4.42. The van der Waals surface area contributed by atoms with E-state index in [-0.39, 0.29) is 11.5 Å². The predicted octanol–water partition coefficient (Wildman–Crippen LogP) is 3.78. The first-order chi connectivity index (χ1) is 8.50. The summed E-state index contributed by atoms with van der Waals surface area (Å²) in [6.07, 6.45) is -2.08. The molecule has 0 radical (unpaired) electrons. The normalized spacial score (nSPS) is 32.1. The van der Waals surface area contributed by atoms with Gasteiger partial charge in [-0.05, 0) is 42.2 Å². The Balaban J connectivity index is 1.88. The summed E-state index contributed by atoms with van der Waals surface area (Å²) >= 11 is 0. The highest BCUT2D eigenvalue weighted by Crippen LogP contribution is 2.62. The maximum Gasteiger partial charge on any atom is 0.416 e. The number of aliphatic hydroxyl groups is 1. The number of halogens is 3. The van der Waals surface area contributed by atoms with Crippen LogP contribution in [-0.2, 0) is 6.18 Å². The van der Waals surface area contributed by atoms with Crippen LogP contribution in [0.3, 0.4) is 0 Å². The van der Waals surface area contributed by atoms with Gasteiger partial charge in [0.1, 0.15) is 0 Å². The first-order valence-electron chi connectivity index (χ1n) is 6.34. The van der Waals surface area contributed by atoms with E-state index in [1.165, 1.54) is 12.1 Å². The lowest BCUT2D eigenvalue weighted by molar-refractivity contribution is -0.139. The van der Waals surface area contributed by atoms with Crippen molar-refractivity contribution in [3.63, 3.8) is 0 Å². The molecule has 3 rings (SSSR count). The highest BCUT2D eigenvalue weighted by atomic mass is 19.4. The zero-order valence-electron chi connectivity index (χ0n) is 9.82. The van der Waals surface area contributed by atoms with Gasteiger partial charge in [0.25, 0.3) is 0 Å². The Morgan fingerprint density at radius 1 is 1.11 bits per heavy atom. The topological polar surface area (TPSA) is 20.2 Å². The van der Waals surface area contributed by atoms with Crippen LogP contribution in [0, 0.1) is 17.8 Å². The third-order valence-corrected chi connectivity index (χ3v) is 4.42. The van der Waals surface area contributed by atoms with Gasteiger partial charge in [0.2, 0.25) is 0 Å². The lowest BCUT2D eigenvalue weighted by atomic mass is 9.95. The molecule has 18 heavy (non-hydrogen) atoms. The van der Waals surface area contributed by atoms with E-state index in [1.807, 2.05) is 0 Å². The van der Waals surface area contributed by atoms with Crippen molar-refractivity contribution in [1.29, 1.82) is 0 Å². The number of hydrogen-bond acceptors (Lipinski definition) is 1. The molecule has 1 aromatic rings. The molecule has 0 aliphatic heterocycles. The zero-order valence-corrected chi connectivity index (χ0v) is 9.82. The van der Waals surface area contributed by atoms with Crippen LogP contribution in [0.5, 0.6) is 0 Å². The molecule has 4 heteroatoms. The van der Waals surface area contributed by atoms with Crippen LogP contribution in [0.15, 0.2) is 24.3 Å². The van der Waals surface area contributed by atoms with E-state index in [2.05, 4.69) is 0 Å². The minimum absolute atomic E-state index is 0.0437. The fraction of sp³-hybridized carbons (Fsp3) is 0.571. The van der Waals surface area contributed by atoms with E-state index in [0.717, 1.165) is 25.3 Å². The number of hydrogen-bond donors (Lipinski definition) is 1. The summed E-state index contributed by atoms with van der Waals surface area (Å²) in [5.41, 5.74) is -0.646. The van der Waals surface area contributed by atoms with Crippen molar-refractivity contribution < 1.29 is 18.3 Å². The summed E-state index contributed by atoms with van der Waals surface area (Å²) in [4.78, 5) is 0. The Morgan fingerprint density at radius 3 is 2.33 bits per heavy atom. The van der Waals surface area contributed by atoms with Gasteiger partial charge in [0, 0.05) is 0 Å². The van der Waals surface area contributed by atoms with Crippen LogP contribution < -0.4 is 0 Å². The van der Waals surface area contributed by atoms with E-state index in [4.69, 9.17) is 0 Å². The molecular weight excluding hydrogens is 241 g/mol. The molecule has 3 atom stereocenters. The standard InChI is InChI=1S/C14H15F3O/c15-14(16,17)11-7-2-1-4-10(11)13(18)12-8-5-3-6-9(8)12/h1-2,4,7-9,12-13,18H,3,5-6H2. The van der Waals surface area contributed by atoms with Crippen molar-refractivity contribution in [2.24, 2.45) is 17.8 Å². The number of fused-ring (bicyclic) bond motifs is 1. The maximum absolute atomic E-state index is 12.9.